The number of hydrogen-bond donors (Lipinski definition) is 1. The van der Waals surface area contributed by atoms with Crippen molar-refractivity contribution in [2.75, 3.05) is 13.1 Å². The molecule has 1 aliphatic heterocycles. The highest BCUT2D eigenvalue weighted by molar-refractivity contribution is 6.30. The Labute approximate surface area is 167 Å². The minimum atomic E-state index is -0.576. The van der Waals surface area contributed by atoms with Gasteiger partial charge >= 0.3 is 0 Å². The largest absolute Gasteiger partial charge is 0.298 e. The van der Waals surface area contributed by atoms with Gasteiger partial charge in [0.2, 0.25) is 0 Å². The highest BCUT2D eigenvalue weighted by Gasteiger charge is 2.28. The van der Waals surface area contributed by atoms with Gasteiger partial charge in [0.05, 0.1) is 17.5 Å². The van der Waals surface area contributed by atoms with Crippen molar-refractivity contribution >= 4 is 11.6 Å². The smallest absolute Gasteiger partial charge is 0.134 e. The number of piperidine rings is 1. The molecule has 1 aromatic carbocycles. The lowest BCUT2D eigenvalue weighted by atomic mass is 9.90. The first-order chi connectivity index (χ1) is 13.5. The van der Waals surface area contributed by atoms with Crippen LogP contribution in [0.2, 0.25) is 5.15 Å². The molecule has 3 heterocycles. The third kappa shape index (κ3) is 3.44. The molecule has 0 aliphatic carbocycles. The van der Waals surface area contributed by atoms with Crippen LogP contribution in [0.5, 0.6) is 0 Å². The summed E-state index contributed by atoms with van der Waals surface area (Å²) in [6, 6.07) is 3.92. The van der Waals surface area contributed by atoms with Crippen molar-refractivity contribution < 1.29 is 8.78 Å². The molecule has 1 N–H and O–H groups in total. The summed E-state index contributed by atoms with van der Waals surface area (Å²) in [7, 11) is 1.83. The average molecular weight is 406 g/mol. The van der Waals surface area contributed by atoms with Gasteiger partial charge in [0.25, 0.3) is 0 Å². The van der Waals surface area contributed by atoms with Gasteiger partial charge in [0.1, 0.15) is 16.8 Å². The van der Waals surface area contributed by atoms with Gasteiger partial charge in [-0.3, -0.25) is 14.7 Å². The molecule has 1 atom stereocenters. The van der Waals surface area contributed by atoms with Crippen LogP contribution >= 0.6 is 11.6 Å². The Kier molecular flexibility index (Phi) is 5.21. The van der Waals surface area contributed by atoms with Crippen LogP contribution in [0.3, 0.4) is 0 Å². The number of aryl methyl sites for hydroxylation is 2. The number of aromatic nitrogens is 4. The number of nitrogens with zero attached hydrogens (tertiary/aromatic N) is 4. The lowest BCUT2D eigenvalue weighted by molar-refractivity contribution is 0.198. The molecule has 0 radical (unpaired) electrons. The molecule has 5 nitrogen and oxygen atoms in total. The normalized spacial score (nSPS) is 18.0. The second-order valence-electron chi connectivity index (χ2n) is 7.35. The molecule has 1 aliphatic rings. The van der Waals surface area contributed by atoms with Crippen molar-refractivity contribution in [3.05, 3.63) is 58.1 Å². The maximum atomic E-state index is 14.3. The highest BCUT2D eigenvalue weighted by Crippen LogP contribution is 2.36. The second-order valence-corrected chi connectivity index (χ2v) is 7.70. The summed E-state index contributed by atoms with van der Waals surface area (Å²) in [4.78, 5) is 2.31. The first-order valence-corrected chi connectivity index (χ1v) is 9.71. The topological polar surface area (TPSA) is 49.7 Å². The van der Waals surface area contributed by atoms with Gasteiger partial charge in [-0.1, -0.05) is 17.7 Å². The Balaban J connectivity index is 1.59. The zero-order valence-electron chi connectivity index (χ0n) is 15.8. The molecule has 0 unspecified atom stereocenters. The number of halogens is 3. The third-order valence-corrected chi connectivity index (χ3v) is 5.94. The highest BCUT2D eigenvalue weighted by atomic mass is 35.5. The summed E-state index contributed by atoms with van der Waals surface area (Å²) in [5, 5.41) is 12.1. The van der Waals surface area contributed by atoms with E-state index in [0.29, 0.717) is 17.3 Å². The van der Waals surface area contributed by atoms with Gasteiger partial charge in [-0.05, 0) is 38.4 Å². The predicted molar refractivity (Wildman–Crippen MR) is 104 cm³/mol. The zero-order chi connectivity index (χ0) is 19.8. The summed E-state index contributed by atoms with van der Waals surface area (Å²) >= 11 is 6.38. The minimum Gasteiger partial charge on any atom is -0.298 e. The number of nitrogens with one attached hydrogen (secondary N) is 1. The van der Waals surface area contributed by atoms with Gasteiger partial charge < -0.3 is 0 Å². The number of rotatable bonds is 4. The molecule has 4 rings (SSSR count). The molecule has 0 amide bonds. The number of benzene rings is 1. The van der Waals surface area contributed by atoms with Gasteiger partial charge in [-0.2, -0.15) is 10.2 Å². The SMILES string of the molecule is Cc1nn(C)c(Cl)c1CN1CCC[C@H](c2[nH]ncc2-c2c(F)cccc2F)C1. The third-order valence-electron chi connectivity index (χ3n) is 5.47. The Hall–Kier alpha value is -2.25. The molecule has 148 valence electrons. The van der Waals surface area contributed by atoms with Crippen LogP contribution < -0.4 is 0 Å². The van der Waals surface area contributed by atoms with Gasteiger partial charge in [0, 0.05) is 42.9 Å². The van der Waals surface area contributed by atoms with Crippen LogP contribution in [0.25, 0.3) is 11.1 Å². The predicted octanol–water partition coefficient (Wildman–Crippen LogP) is 4.43. The van der Waals surface area contributed by atoms with E-state index in [0.717, 1.165) is 42.9 Å². The molecule has 1 fully saturated rings. The first-order valence-electron chi connectivity index (χ1n) is 9.33. The Morgan fingerprint density at radius 1 is 1.29 bits per heavy atom. The number of H-pyrrole nitrogens is 1. The average Bonchev–Trinajstić information content (AvgIpc) is 3.23. The molecule has 0 bridgehead atoms. The lowest BCUT2D eigenvalue weighted by Gasteiger charge is -2.32. The van der Waals surface area contributed by atoms with Gasteiger partial charge in [-0.15, -0.1) is 0 Å². The molecule has 1 saturated heterocycles. The van der Waals surface area contributed by atoms with Crippen molar-refractivity contribution in [1.82, 2.24) is 24.9 Å². The monoisotopic (exact) mass is 405 g/mol. The molecule has 3 aromatic rings. The van der Waals surface area contributed by atoms with Crippen molar-refractivity contribution in [1.29, 1.82) is 0 Å². The Morgan fingerprint density at radius 3 is 2.71 bits per heavy atom. The quantitative estimate of drug-likeness (QED) is 0.698. The Bertz CT molecular complexity index is 976. The van der Waals surface area contributed by atoms with Crippen LogP contribution in [0.4, 0.5) is 8.78 Å². The minimum absolute atomic E-state index is 0.0190. The molecule has 0 saturated carbocycles. The standard InChI is InChI=1S/C20H22ClF2N5/c1-12-15(20(21)27(2)26-12)11-28-8-4-5-13(10-28)19-14(9-24-25-19)18-16(22)6-3-7-17(18)23/h3,6-7,9,13H,4-5,8,10-11H2,1-2H3,(H,24,25)/t13-/m0/s1. The fourth-order valence-electron chi connectivity index (χ4n) is 4.07. The van der Waals surface area contributed by atoms with E-state index < -0.39 is 11.6 Å². The van der Waals surface area contributed by atoms with Crippen LogP contribution in [0.1, 0.15) is 35.7 Å². The molecule has 8 heteroatoms. The number of likely N-dealkylation sites (tertiary alicyclic amines) is 1. The maximum absolute atomic E-state index is 14.3. The van der Waals surface area contributed by atoms with Crippen molar-refractivity contribution in [2.24, 2.45) is 7.05 Å². The van der Waals surface area contributed by atoms with E-state index in [-0.39, 0.29) is 11.5 Å². The summed E-state index contributed by atoms with van der Waals surface area (Å²) in [5.41, 5.74) is 3.20. The Morgan fingerprint density at radius 2 is 2.04 bits per heavy atom. The maximum Gasteiger partial charge on any atom is 0.134 e. The summed E-state index contributed by atoms with van der Waals surface area (Å²) < 4.78 is 30.3. The van der Waals surface area contributed by atoms with E-state index in [1.54, 1.807) is 4.68 Å². The van der Waals surface area contributed by atoms with Gasteiger partial charge in [0.15, 0.2) is 0 Å². The van der Waals surface area contributed by atoms with Crippen LogP contribution in [-0.2, 0) is 13.6 Å². The number of aromatic amines is 1. The van der Waals surface area contributed by atoms with E-state index >= 15 is 0 Å². The van der Waals surface area contributed by atoms with E-state index in [1.165, 1.54) is 24.4 Å². The molecular weight excluding hydrogens is 384 g/mol. The van der Waals surface area contributed by atoms with Crippen molar-refractivity contribution in [3.8, 4) is 11.1 Å². The lowest BCUT2D eigenvalue weighted by Crippen LogP contribution is -2.34. The molecule has 28 heavy (non-hydrogen) atoms. The fraction of sp³-hybridized carbons (Fsp3) is 0.400. The van der Waals surface area contributed by atoms with E-state index in [4.69, 9.17) is 11.6 Å². The van der Waals surface area contributed by atoms with Crippen LogP contribution in [-0.4, -0.2) is 38.0 Å². The van der Waals surface area contributed by atoms with E-state index in [1.807, 2.05) is 14.0 Å². The summed E-state index contributed by atoms with van der Waals surface area (Å²) in [6.07, 6.45) is 3.43. The second kappa shape index (κ2) is 7.64. The molecule has 0 spiro atoms. The summed E-state index contributed by atoms with van der Waals surface area (Å²) in [6.45, 7) is 4.36. The van der Waals surface area contributed by atoms with Crippen LogP contribution in [0.15, 0.2) is 24.4 Å². The first kappa shape index (κ1) is 19.1. The fourth-order valence-corrected chi connectivity index (χ4v) is 4.31. The number of hydrogen-bond acceptors (Lipinski definition) is 3. The van der Waals surface area contributed by atoms with Crippen molar-refractivity contribution in [3.63, 3.8) is 0 Å². The van der Waals surface area contributed by atoms with Crippen molar-refractivity contribution in [2.45, 2.75) is 32.2 Å². The van der Waals surface area contributed by atoms with Crippen LogP contribution in [0, 0.1) is 18.6 Å². The zero-order valence-corrected chi connectivity index (χ0v) is 16.6. The van der Waals surface area contributed by atoms with E-state index in [2.05, 4.69) is 20.2 Å². The molecule has 2 aromatic heterocycles. The van der Waals surface area contributed by atoms with Gasteiger partial charge in [-0.25, -0.2) is 8.78 Å². The molecular formula is C20H22ClF2N5. The van der Waals surface area contributed by atoms with E-state index in [9.17, 15) is 8.78 Å². The summed E-state index contributed by atoms with van der Waals surface area (Å²) in [5.74, 6) is -1.04.